The smallest absolute Gasteiger partial charge is 0.0951 e. The standard InChI is InChI=1S/C10H18N2O2/c1-2-9(7-11)12-8-10(13)3-5-14-6-4-10/h9,12-13H,2-6,8H2,1H3. The van der Waals surface area contributed by atoms with E-state index in [9.17, 15) is 5.11 Å². The van der Waals surface area contributed by atoms with Gasteiger partial charge in [0, 0.05) is 32.6 Å². The highest BCUT2D eigenvalue weighted by Crippen LogP contribution is 2.19. The molecule has 0 radical (unpaired) electrons. The van der Waals surface area contributed by atoms with E-state index < -0.39 is 5.60 Å². The molecule has 0 saturated carbocycles. The molecule has 1 fully saturated rings. The van der Waals surface area contributed by atoms with Crippen molar-refractivity contribution < 1.29 is 9.84 Å². The van der Waals surface area contributed by atoms with E-state index in [0.717, 1.165) is 6.42 Å². The van der Waals surface area contributed by atoms with Gasteiger partial charge in [-0.05, 0) is 6.42 Å². The van der Waals surface area contributed by atoms with Gasteiger partial charge in [-0.1, -0.05) is 6.92 Å². The first-order valence-electron chi connectivity index (χ1n) is 5.13. The average molecular weight is 198 g/mol. The zero-order valence-corrected chi connectivity index (χ0v) is 8.62. The van der Waals surface area contributed by atoms with Crippen LogP contribution >= 0.6 is 0 Å². The molecule has 1 saturated heterocycles. The second-order valence-electron chi connectivity index (χ2n) is 3.81. The highest BCUT2D eigenvalue weighted by Gasteiger charge is 2.29. The zero-order chi connectivity index (χ0) is 10.4. The Balaban J connectivity index is 2.31. The highest BCUT2D eigenvalue weighted by atomic mass is 16.5. The summed E-state index contributed by atoms with van der Waals surface area (Å²) in [5, 5.41) is 21.8. The monoisotopic (exact) mass is 198 g/mol. The third-order valence-electron chi connectivity index (χ3n) is 2.67. The van der Waals surface area contributed by atoms with Gasteiger partial charge in [0.25, 0.3) is 0 Å². The second-order valence-corrected chi connectivity index (χ2v) is 3.81. The van der Waals surface area contributed by atoms with Crippen molar-refractivity contribution in [3.05, 3.63) is 0 Å². The third-order valence-corrected chi connectivity index (χ3v) is 2.67. The van der Waals surface area contributed by atoms with E-state index in [1.54, 1.807) is 0 Å². The lowest BCUT2D eigenvalue weighted by Crippen LogP contribution is -2.47. The molecule has 14 heavy (non-hydrogen) atoms. The van der Waals surface area contributed by atoms with Gasteiger partial charge in [0.1, 0.15) is 0 Å². The number of ether oxygens (including phenoxy) is 1. The molecule has 4 nitrogen and oxygen atoms in total. The van der Waals surface area contributed by atoms with Crippen LogP contribution in [0.4, 0.5) is 0 Å². The maximum Gasteiger partial charge on any atom is 0.0951 e. The maximum absolute atomic E-state index is 10.1. The molecule has 0 aromatic carbocycles. The molecule has 80 valence electrons. The molecule has 1 rings (SSSR count). The molecule has 2 N–H and O–H groups in total. The van der Waals surface area contributed by atoms with E-state index in [-0.39, 0.29) is 6.04 Å². The van der Waals surface area contributed by atoms with E-state index in [1.165, 1.54) is 0 Å². The molecule has 1 unspecified atom stereocenters. The van der Waals surface area contributed by atoms with Crippen molar-refractivity contribution in [2.24, 2.45) is 0 Å². The maximum atomic E-state index is 10.1. The molecular weight excluding hydrogens is 180 g/mol. The van der Waals surface area contributed by atoms with Gasteiger partial charge in [0.15, 0.2) is 0 Å². The van der Waals surface area contributed by atoms with Crippen molar-refractivity contribution in [3.63, 3.8) is 0 Å². The second kappa shape index (κ2) is 5.30. The lowest BCUT2D eigenvalue weighted by Gasteiger charge is -2.32. The molecule has 0 aromatic heterocycles. The number of nitrogens with zero attached hydrogens (tertiary/aromatic N) is 1. The lowest BCUT2D eigenvalue weighted by atomic mass is 9.94. The molecule has 1 atom stereocenters. The Kier molecular flexibility index (Phi) is 4.33. The van der Waals surface area contributed by atoms with E-state index >= 15 is 0 Å². The molecular formula is C10H18N2O2. The Morgan fingerprint density at radius 2 is 2.21 bits per heavy atom. The lowest BCUT2D eigenvalue weighted by molar-refractivity contribution is -0.0621. The summed E-state index contributed by atoms with van der Waals surface area (Å²) >= 11 is 0. The molecule has 1 aliphatic rings. The summed E-state index contributed by atoms with van der Waals surface area (Å²) in [7, 11) is 0. The van der Waals surface area contributed by atoms with Crippen LogP contribution < -0.4 is 5.32 Å². The van der Waals surface area contributed by atoms with Gasteiger partial charge in [0.05, 0.1) is 17.7 Å². The van der Waals surface area contributed by atoms with Crippen LogP contribution in [-0.2, 0) is 4.74 Å². The van der Waals surface area contributed by atoms with Crippen LogP contribution in [0.1, 0.15) is 26.2 Å². The number of nitrogens with one attached hydrogen (secondary N) is 1. The normalized spacial score (nSPS) is 22.6. The number of nitriles is 1. The van der Waals surface area contributed by atoms with Gasteiger partial charge >= 0.3 is 0 Å². The predicted molar refractivity (Wildman–Crippen MR) is 52.7 cm³/mol. The highest BCUT2D eigenvalue weighted by molar-refractivity contribution is 4.92. The van der Waals surface area contributed by atoms with Crippen LogP contribution in [0.5, 0.6) is 0 Å². The number of rotatable bonds is 4. The SMILES string of the molecule is CCC(C#N)NCC1(O)CCOCC1. The molecule has 4 heteroatoms. The first-order chi connectivity index (χ1) is 6.70. The van der Waals surface area contributed by atoms with Crippen LogP contribution in [0.25, 0.3) is 0 Å². The summed E-state index contributed by atoms with van der Waals surface area (Å²) in [6.45, 7) is 3.67. The van der Waals surface area contributed by atoms with E-state index in [4.69, 9.17) is 10.00 Å². The molecule has 0 spiro atoms. The quantitative estimate of drug-likeness (QED) is 0.687. The summed E-state index contributed by atoms with van der Waals surface area (Å²) in [6.07, 6.45) is 2.08. The molecule has 0 amide bonds. The van der Waals surface area contributed by atoms with Crippen LogP contribution in [0, 0.1) is 11.3 Å². The van der Waals surface area contributed by atoms with Gasteiger partial charge < -0.3 is 9.84 Å². The van der Waals surface area contributed by atoms with E-state index in [2.05, 4.69) is 11.4 Å². The summed E-state index contributed by atoms with van der Waals surface area (Å²) in [4.78, 5) is 0. The largest absolute Gasteiger partial charge is 0.388 e. The summed E-state index contributed by atoms with van der Waals surface area (Å²) in [6, 6.07) is 2.00. The zero-order valence-electron chi connectivity index (χ0n) is 8.62. The molecule has 1 heterocycles. The Bertz CT molecular complexity index is 207. The third kappa shape index (κ3) is 3.26. The van der Waals surface area contributed by atoms with Crippen LogP contribution in [-0.4, -0.2) is 36.5 Å². The predicted octanol–water partition coefficient (Wildman–Crippen LogP) is 0.420. The van der Waals surface area contributed by atoms with Crippen molar-refractivity contribution in [2.75, 3.05) is 19.8 Å². The molecule has 0 aromatic rings. The molecule has 0 aliphatic carbocycles. The van der Waals surface area contributed by atoms with Gasteiger partial charge in [-0.15, -0.1) is 0 Å². The summed E-state index contributed by atoms with van der Waals surface area (Å²) < 4.78 is 5.17. The van der Waals surface area contributed by atoms with Crippen molar-refractivity contribution in [2.45, 2.75) is 37.8 Å². The fourth-order valence-corrected chi connectivity index (χ4v) is 1.52. The number of aliphatic hydroxyl groups is 1. The Morgan fingerprint density at radius 3 is 2.71 bits per heavy atom. The summed E-state index contributed by atoms with van der Waals surface area (Å²) in [5.74, 6) is 0. The first kappa shape index (κ1) is 11.4. The Hall–Kier alpha value is -0.630. The van der Waals surface area contributed by atoms with Crippen LogP contribution in [0.15, 0.2) is 0 Å². The molecule has 0 bridgehead atoms. The fourth-order valence-electron chi connectivity index (χ4n) is 1.52. The fraction of sp³-hybridized carbons (Fsp3) is 0.900. The van der Waals surface area contributed by atoms with Gasteiger partial charge in [-0.2, -0.15) is 5.26 Å². The van der Waals surface area contributed by atoms with E-state index in [0.29, 0.717) is 32.6 Å². The van der Waals surface area contributed by atoms with Crippen molar-refractivity contribution >= 4 is 0 Å². The minimum absolute atomic E-state index is 0.151. The summed E-state index contributed by atoms with van der Waals surface area (Å²) in [5.41, 5.74) is -0.678. The number of hydrogen-bond acceptors (Lipinski definition) is 4. The Labute approximate surface area is 84.9 Å². The van der Waals surface area contributed by atoms with Gasteiger partial charge in [-0.3, -0.25) is 5.32 Å². The van der Waals surface area contributed by atoms with Gasteiger partial charge in [0.2, 0.25) is 0 Å². The molecule has 1 aliphatic heterocycles. The van der Waals surface area contributed by atoms with Crippen LogP contribution in [0.3, 0.4) is 0 Å². The average Bonchev–Trinajstić information content (AvgIpc) is 2.20. The minimum atomic E-state index is -0.678. The Morgan fingerprint density at radius 1 is 1.57 bits per heavy atom. The van der Waals surface area contributed by atoms with Crippen molar-refractivity contribution in [1.29, 1.82) is 5.26 Å². The van der Waals surface area contributed by atoms with Crippen molar-refractivity contribution in [1.82, 2.24) is 5.32 Å². The topological polar surface area (TPSA) is 65.3 Å². The van der Waals surface area contributed by atoms with Crippen molar-refractivity contribution in [3.8, 4) is 6.07 Å². The number of hydrogen-bond donors (Lipinski definition) is 2. The van der Waals surface area contributed by atoms with Crippen LogP contribution in [0.2, 0.25) is 0 Å². The minimum Gasteiger partial charge on any atom is -0.388 e. The van der Waals surface area contributed by atoms with E-state index in [1.807, 2.05) is 6.92 Å². The van der Waals surface area contributed by atoms with Gasteiger partial charge in [-0.25, -0.2) is 0 Å². The first-order valence-corrected chi connectivity index (χ1v) is 5.13.